The van der Waals surface area contributed by atoms with Crippen molar-refractivity contribution >= 4 is 21.8 Å². The Hall–Kier alpha value is -3.03. The number of hydrogen-bond acceptors (Lipinski definition) is 8. The van der Waals surface area contributed by atoms with Gasteiger partial charge in [-0.15, -0.1) is 0 Å². The van der Waals surface area contributed by atoms with E-state index in [0.717, 1.165) is 12.8 Å². The molecule has 1 aromatic heterocycles. The molecule has 1 saturated heterocycles. The molecular weight excluding hydrogens is 394 g/mol. The first-order chi connectivity index (χ1) is 13.9. The fourth-order valence-corrected chi connectivity index (χ4v) is 4.30. The highest BCUT2D eigenvalue weighted by Gasteiger charge is 2.24. The van der Waals surface area contributed by atoms with Gasteiger partial charge in [-0.05, 0) is 43.0 Å². The Balaban J connectivity index is 1.56. The van der Waals surface area contributed by atoms with Crippen molar-refractivity contribution in [2.24, 2.45) is 5.92 Å². The largest absolute Gasteiger partial charge is 0.465 e. The van der Waals surface area contributed by atoms with Crippen molar-refractivity contribution in [3.63, 3.8) is 0 Å². The molecule has 2 heterocycles. The van der Waals surface area contributed by atoms with Gasteiger partial charge in [-0.25, -0.2) is 27.9 Å². The highest BCUT2D eigenvalue weighted by atomic mass is 32.2. The normalized spacial score (nSPS) is 15.0. The van der Waals surface area contributed by atoms with Gasteiger partial charge in [0, 0.05) is 32.0 Å². The molecule has 1 aliphatic heterocycles. The zero-order valence-electron chi connectivity index (χ0n) is 15.9. The standard InChI is InChI=1S/C19H21N5O4S/c1-28-19(25)15-2-4-16(5-3-15)29(26,27)23-13-14-6-10-24(11-7-14)18-17(12-20)21-8-9-22-18/h2-5,8-9,14,23H,6-7,10-11,13H2,1H3. The van der Waals surface area contributed by atoms with E-state index >= 15 is 0 Å². The molecule has 0 amide bonds. The van der Waals surface area contributed by atoms with Crippen LogP contribution in [-0.4, -0.2) is 51.1 Å². The van der Waals surface area contributed by atoms with E-state index in [9.17, 15) is 13.2 Å². The van der Waals surface area contributed by atoms with Crippen LogP contribution in [0, 0.1) is 17.2 Å². The van der Waals surface area contributed by atoms with Crippen LogP contribution in [0.15, 0.2) is 41.6 Å². The van der Waals surface area contributed by atoms with Crippen molar-refractivity contribution < 1.29 is 17.9 Å². The molecule has 0 saturated carbocycles. The van der Waals surface area contributed by atoms with E-state index in [1.807, 2.05) is 11.0 Å². The lowest BCUT2D eigenvalue weighted by Gasteiger charge is -2.32. The molecule has 0 radical (unpaired) electrons. The lowest BCUT2D eigenvalue weighted by molar-refractivity contribution is 0.0600. The van der Waals surface area contributed by atoms with Gasteiger partial charge in [0.2, 0.25) is 10.0 Å². The number of aromatic nitrogens is 2. The number of anilines is 1. The predicted octanol–water partition coefficient (Wildman–Crippen LogP) is 1.33. The summed E-state index contributed by atoms with van der Waals surface area (Å²) in [5.41, 5.74) is 0.585. The molecule has 10 heteroatoms. The minimum atomic E-state index is -3.67. The number of nitrogens with zero attached hydrogens (tertiary/aromatic N) is 4. The monoisotopic (exact) mass is 415 g/mol. The van der Waals surface area contributed by atoms with E-state index < -0.39 is 16.0 Å². The van der Waals surface area contributed by atoms with Crippen molar-refractivity contribution in [3.8, 4) is 6.07 Å². The zero-order valence-corrected chi connectivity index (χ0v) is 16.7. The SMILES string of the molecule is COC(=O)c1ccc(S(=O)(=O)NCC2CCN(c3nccnc3C#N)CC2)cc1. The van der Waals surface area contributed by atoms with Crippen LogP contribution in [0.1, 0.15) is 28.9 Å². The Bertz CT molecular complexity index is 1010. The van der Waals surface area contributed by atoms with Gasteiger partial charge in [0.25, 0.3) is 0 Å². The number of ether oxygens (including phenoxy) is 1. The summed E-state index contributed by atoms with van der Waals surface area (Å²) in [5, 5.41) is 9.16. The summed E-state index contributed by atoms with van der Waals surface area (Å²) >= 11 is 0. The van der Waals surface area contributed by atoms with Crippen molar-refractivity contribution in [2.45, 2.75) is 17.7 Å². The van der Waals surface area contributed by atoms with Gasteiger partial charge >= 0.3 is 5.97 Å². The van der Waals surface area contributed by atoms with Gasteiger partial charge in [-0.1, -0.05) is 0 Å². The number of esters is 1. The Morgan fingerprint density at radius 1 is 1.24 bits per heavy atom. The van der Waals surface area contributed by atoms with E-state index in [4.69, 9.17) is 5.26 Å². The zero-order chi connectivity index (χ0) is 20.9. The van der Waals surface area contributed by atoms with Crippen LogP contribution in [0.3, 0.4) is 0 Å². The summed E-state index contributed by atoms with van der Waals surface area (Å²) in [5.74, 6) is 0.230. The molecule has 1 N–H and O–H groups in total. The molecule has 1 aromatic carbocycles. The summed E-state index contributed by atoms with van der Waals surface area (Å²) in [6, 6.07) is 7.66. The first kappa shape index (κ1) is 20.7. The molecule has 0 atom stereocenters. The van der Waals surface area contributed by atoms with Crippen molar-refractivity contribution in [3.05, 3.63) is 47.9 Å². The Labute approximate surface area is 169 Å². The molecule has 1 aliphatic rings. The van der Waals surface area contributed by atoms with E-state index in [-0.39, 0.29) is 10.8 Å². The van der Waals surface area contributed by atoms with Crippen molar-refractivity contribution in [1.82, 2.24) is 14.7 Å². The van der Waals surface area contributed by atoms with Gasteiger partial charge in [-0.3, -0.25) is 0 Å². The average molecular weight is 415 g/mol. The average Bonchev–Trinajstić information content (AvgIpc) is 2.77. The molecule has 0 aliphatic carbocycles. The molecular formula is C19H21N5O4S. The maximum absolute atomic E-state index is 12.5. The highest BCUT2D eigenvalue weighted by Crippen LogP contribution is 2.23. The number of carbonyl (C=O) groups is 1. The van der Waals surface area contributed by atoms with Crippen molar-refractivity contribution in [2.75, 3.05) is 31.6 Å². The molecule has 9 nitrogen and oxygen atoms in total. The number of nitriles is 1. The third-order valence-electron chi connectivity index (χ3n) is 4.85. The molecule has 2 aromatic rings. The first-order valence-corrected chi connectivity index (χ1v) is 10.6. The summed E-state index contributed by atoms with van der Waals surface area (Å²) < 4.78 is 32.3. The molecule has 1 fully saturated rings. The van der Waals surface area contributed by atoms with Crippen LogP contribution in [0.25, 0.3) is 0 Å². The van der Waals surface area contributed by atoms with E-state index in [0.29, 0.717) is 36.7 Å². The summed E-state index contributed by atoms with van der Waals surface area (Å²) in [6.07, 6.45) is 4.58. The topological polar surface area (TPSA) is 125 Å². The second-order valence-corrected chi connectivity index (χ2v) is 8.41. The van der Waals surface area contributed by atoms with E-state index in [2.05, 4.69) is 19.4 Å². The minimum Gasteiger partial charge on any atom is -0.465 e. The minimum absolute atomic E-state index is 0.0980. The second-order valence-electron chi connectivity index (χ2n) is 6.64. The second kappa shape index (κ2) is 8.98. The number of hydrogen-bond donors (Lipinski definition) is 1. The molecule has 152 valence electrons. The number of methoxy groups -OCH3 is 1. The van der Waals surface area contributed by atoms with E-state index in [1.54, 1.807) is 6.20 Å². The smallest absolute Gasteiger partial charge is 0.337 e. The number of nitrogens with one attached hydrogen (secondary N) is 1. The van der Waals surface area contributed by atoms with Gasteiger partial charge in [0.15, 0.2) is 11.5 Å². The number of benzene rings is 1. The van der Waals surface area contributed by atoms with Crippen LogP contribution < -0.4 is 9.62 Å². The number of rotatable bonds is 6. The predicted molar refractivity (Wildman–Crippen MR) is 105 cm³/mol. The van der Waals surface area contributed by atoms with Gasteiger partial charge in [0.1, 0.15) is 6.07 Å². The third-order valence-corrected chi connectivity index (χ3v) is 6.29. The highest BCUT2D eigenvalue weighted by molar-refractivity contribution is 7.89. The number of piperidine rings is 1. The Kier molecular flexibility index (Phi) is 6.41. The Morgan fingerprint density at radius 2 is 1.90 bits per heavy atom. The molecule has 0 spiro atoms. The summed E-state index contributed by atoms with van der Waals surface area (Å²) in [6.45, 7) is 1.67. The van der Waals surface area contributed by atoms with Crippen LogP contribution in [-0.2, 0) is 14.8 Å². The maximum Gasteiger partial charge on any atom is 0.337 e. The number of sulfonamides is 1. The molecule has 0 unspecified atom stereocenters. The van der Waals surface area contributed by atoms with Gasteiger partial charge in [-0.2, -0.15) is 5.26 Å². The first-order valence-electron chi connectivity index (χ1n) is 9.08. The molecule has 0 bridgehead atoms. The fourth-order valence-electron chi connectivity index (χ4n) is 3.19. The number of carbonyl (C=O) groups excluding carboxylic acids is 1. The molecule has 29 heavy (non-hydrogen) atoms. The summed E-state index contributed by atoms with van der Waals surface area (Å²) in [7, 11) is -2.40. The summed E-state index contributed by atoms with van der Waals surface area (Å²) in [4.78, 5) is 21.8. The fraction of sp³-hybridized carbons (Fsp3) is 0.368. The van der Waals surface area contributed by atoms with Crippen LogP contribution >= 0.6 is 0 Å². The van der Waals surface area contributed by atoms with Crippen LogP contribution in [0.5, 0.6) is 0 Å². The third kappa shape index (κ3) is 4.88. The Morgan fingerprint density at radius 3 is 2.52 bits per heavy atom. The quantitative estimate of drug-likeness (QED) is 0.701. The van der Waals surface area contributed by atoms with Gasteiger partial charge in [0.05, 0.1) is 17.6 Å². The lowest BCUT2D eigenvalue weighted by atomic mass is 9.97. The molecule has 3 rings (SSSR count). The van der Waals surface area contributed by atoms with Crippen molar-refractivity contribution in [1.29, 1.82) is 5.26 Å². The maximum atomic E-state index is 12.5. The van der Waals surface area contributed by atoms with Gasteiger partial charge < -0.3 is 9.64 Å². The van der Waals surface area contributed by atoms with E-state index in [1.165, 1.54) is 37.6 Å². The lowest BCUT2D eigenvalue weighted by Crippen LogP contribution is -2.39. The van der Waals surface area contributed by atoms with Crippen LogP contribution in [0.2, 0.25) is 0 Å². The van der Waals surface area contributed by atoms with Crippen LogP contribution in [0.4, 0.5) is 5.82 Å².